The summed E-state index contributed by atoms with van der Waals surface area (Å²) in [7, 11) is 0. The van der Waals surface area contributed by atoms with Gasteiger partial charge in [-0.3, -0.25) is 9.18 Å². The molecule has 74 valence electrons. The van der Waals surface area contributed by atoms with Crippen LogP contribution in [-0.4, -0.2) is 11.7 Å². The van der Waals surface area contributed by atoms with Gasteiger partial charge in [0.1, 0.15) is 0 Å². The zero-order valence-electron chi connectivity index (χ0n) is 7.55. The Bertz CT molecular complexity index is 488. The van der Waals surface area contributed by atoms with Crippen LogP contribution >= 0.6 is 11.3 Å². The molecule has 0 aliphatic rings. The smallest absolute Gasteiger partial charge is 0.305 e. The predicted molar refractivity (Wildman–Crippen MR) is 56.7 cm³/mol. The van der Waals surface area contributed by atoms with Crippen molar-refractivity contribution < 1.29 is 4.39 Å². The van der Waals surface area contributed by atoms with Gasteiger partial charge in [-0.05, 0) is 30.5 Å². The fraction of sp³-hybridized carbons (Fsp3) is 0.300. The van der Waals surface area contributed by atoms with E-state index in [4.69, 9.17) is 0 Å². The summed E-state index contributed by atoms with van der Waals surface area (Å²) in [6, 6.07) is 5.76. The topological polar surface area (TPSA) is 32.9 Å². The number of thiazole rings is 1. The van der Waals surface area contributed by atoms with Crippen molar-refractivity contribution in [2.75, 3.05) is 6.67 Å². The second-order valence-corrected chi connectivity index (χ2v) is 4.15. The normalized spacial score (nSPS) is 10.9. The van der Waals surface area contributed by atoms with Gasteiger partial charge >= 0.3 is 4.87 Å². The highest BCUT2D eigenvalue weighted by Crippen LogP contribution is 2.17. The van der Waals surface area contributed by atoms with Gasteiger partial charge in [0.05, 0.1) is 16.9 Å². The molecule has 1 aromatic carbocycles. The van der Waals surface area contributed by atoms with E-state index in [1.807, 2.05) is 18.2 Å². The Balaban J connectivity index is 2.35. The first-order valence-electron chi connectivity index (χ1n) is 4.47. The van der Waals surface area contributed by atoms with Gasteiger partial charge in [-0.2, -0.15) is 0 Å². The lowest BCUT2D eigenvalue weighted by Gasteiger charge is -1.97. The molecule has 2 rings (SSSR count). The number of benzene rings is 1. The van der Waals surface area contributed by atoms with Crippen LogP contribution in [0.3, 0.4) is 0 Å². The zero-order chi connectivity index (χ0) is 9.97. The van der Waals surface area contributed by atoms with E-state index in [0.717, 1.165) is 22.2 Å². The van der Waals surface area contributed by atoms with Crippen molar-refractivity contribution in [3.8, 4) is 0 Å². The second kappa shape index (κ2) is 3.92. The lowest BCUT2D eigenvalue weighted by atomic mass is 10.1. The Morgan fingerprint density at radius 1 is 1.43 bits per heavy atom. The lowest BCUT2D eigenvalue weighted by Crippen LogP contribution is -1.89. The van der Waals surface area contributed by atoms with Gasteiger partial charge in [-0.15, -0.1) is 0 Å². The van der Waals surface area contributed by atoms with Gasteiger partial charge in [0.2, 0.25) is 0 Å². The van der Waals surface area contributed by atoms with E-state index in [2.05, 4.69) is 4.98 Å². The molecule has 0 atom stereocenters. The van der Waals surface area contributed by atoms with Crippen molar-refractivity contribution in [2.24, 2.45) is 0 Å². The predicted octanol–water partition coefficient (Wildman–Crippen LogP) is 2.49. The number of hydrogen-bond donors (Lipinski definition) is 1. The van der Waals surface area contributed by atoms with E-state index < -0.39 is 0 Å². The summed E-state index contributed by atoms with van der Waals surface area (Å²) in [6.07, 6.45) is 1.28. The molecule has 1 N–H and O–H groups in total. The Kier molecular flexibility index (Phi) is 2.63. The minimum absolute atomic E-state index is 0.0392. The van der Waals surface area contributed by atoms with Gasteiger partial charge in [-0.25, -0.2) is 0 Å². The first-order valence-corrected chi connectivity index (χ1v) is 5.29. The molecule has 0 unspecified atom stereocenters. The third kappa shape index (κ3) is 1.85. The van der Waals surface area contributed by atoms with Gasteiger partial charge in [0.15, 0.2) is 0 Å². The third-order valence-corrected chi connectivity index (χ3v) is 2.93. The number of aromatic amines is 1. The van der Waals surface area contributed by atoms with Crippen molar-refractivity contribution in [3.63, 3.8) is 0 Å². The lowest BCUT2D eigenvalue weighted by molar-refractivity contribution is 0.473. The molecule has 0 saturated heterocycles. The van der Waals surface area contributed by atoms with Crippen molar-refractivity contribution >= 4 is 21.6 Å². The standard InChI is InChI=1S/C10H10FNOS/c11-5-1-2-7-3-4-8-9(6-7)14-10(13)12-8/h3-4,6H,1-2,5H2,(H,12,13). The van der Waals surface area contributed by atoms with Crippen molar-refractivity contribution in [3.05, 3.63) is 33.4 Å². The molecule has 4 heteroatoms. The molecule has 1 heterocycles. The number of nitrogens with one attached hydrogen (secondary N) is 1. The number of H-pyrrole nitrogens is 1. The van der Waals surface area contributed by atoms with Crippen LogP contribution in [0.5, 0.6) is 0 Å². The van der Waals surface area contributed by atoms with Crippen LogP contribution in [0.4, 0.5) is 4.39 Å². The van der Waals surface area contributed by atoms with Gasteiger partial charge in [0, 0.05) is 0 Å². The van der Waals surface area contributed by atoms with Crippen LogP contribution in [0, 0.1) is 0 Å². The summed E-state index contributed by atoms with van der Waals surface area (Å²) in [5, 5.41) is 0. The van der Waals surface area contributed by atoms with Crippen molar-refractivity contribution in [1.82, 2.24) is 4.98 Å². The Hall–Kier alpha value is -1.16. The number of alkyl halides is 1. The molecule has 14 heavy (non-hydrogen) atoms. The summed E-state index contributed by atoms with van der Waals surface area (Å²) in [5.41, 5.74) is 1.95. The SMILES string of the molecule is O=c1[nH]c2ccc(CCCF)cc2s1. The fourth-order valence-corrected chi connectivity index (χ4v) is 2.22. The van der Waals surface area contributed by atoms with E-state index >= 15 is 0 Å². The van der Waals surface area contributed by atoms with Gasteiger partial charge in [0.25, 0.3) is 0 Å². The van der Waals surface area contributed by atoms with Crippen LogP contribution in [0.2, 0.25) is 0 Å². The number of rotatable bonds is 3. The Labute approximate surface area is 84.4 Å². The minimum Gasteiger partial charge on any atom is -0.312 e. The van der Waals surface area contributed by atoms with Crippen LogP contribution < -0.4 is 4.87 Å². The molecule has 2 aromatic rings. The molecular formula is C10H10FNOS. The molecule has 0 saturated carbocycles. The summed E-state index contributed by atoms with van der Waals surface area (Å²) < 4.78 is 12.9. The average molecular weight is 211 g/mol. The third-order valence-electron chi connectivity index (χ3n) is 2.08. The largest absolute Gasteiger partial charge is 0.312 e. The summed E-state index contributed by atoms with van der Waals surface area (Å²) in [4.78, 5) is 13.7. The van der Waals surface area contributed by atoms with E-state index in [1.165, 1.54) is 11.3 Å². The minimum atomic E-state index is -0.290. The molecule has 0 amide bonds. The van der Waals surface area contributed by atoms with E-state index in [0.29, 0.717) is 6.42 Å². The maximum Gasteiger partial charge on any atom is 0.305 e. The molecule has 1 aromatic heterocycles. The molecule has 0 bridgehead atoms. The monoisotopic (exact) mass is 211 g/mol. The fourth-order valence-electron chi connectivity index (χ4n) is 1.42. The molecule has 0 aliphatic heterocycles. The van der Waals surface area contributed by atoms with Crippen molar-refractivity contribution in [1.29, 1.82) is 0 Å². The molecule has 0 radical (unpaired) electrons. The maximum absolute atomic E-state index is 11.9. The van der Waals surface area contributed by atoms with E-state index in [-0.39, 0.29) is 11.5 Å². The van der Waals surface area contributed by atoms with Crippen LogP contribution in [0.1, 0.15) is 12.0 Å². The van der Waals surface area contributed by atoms with Gasteiger partial charge < -0.3 is 4.98 Å². The highest BCUT2D eigenvalue weighted by Gasteiger charge is 2.00. The Morgan fingerprint density at radius 3 is 3.07 bits per heavy atom. The van der Waals surface area contributed by atoms with Crippen LogP contribution in [-0.2, 0) is 6.42 Å². The van der Waals surface area contributed by atoms with E-state index in [1.54, 1.807) is 0 Å². The molecular weight excluding hydrogens is 201 g/mol. The maximum atomic E-state index is 11.9. The molecule has 0 spiro atoms. The summed E-state index contributed by atoms with van der Waals surface area (Å²) in [5.74, 6) is 0. The van der Waals surface area contributed by atoms with E-state index in [9.17, 15) is 9.18 Å². The van der Waals surface area contributed by atoms with Crippen molar-refractivity contribution in [2.45, 2.75) is 12.8 Å². The van der Waals surface area contributed by atoms with Gasteiger partial charge in [-0.1, -0.05) is 17.4 Å². The second-order valence-electron chi connectivity index (χ2n) is 3.14. The molecule has 0 fully saturated rings. The first-order chi connectivity index (χ1) is 6.79. The quantitative estimate of drug-likeness (QED) is 0.831. The van der Waals surface area contributed by atoms with Crippen LogP contribution in [0.15, 0.2) is 23.0 Å². The summed E-state index contributed by atoms with van der Waals surface area (Å²) >= 11 is 1.19. The zero-order valence-corrected chi connectivity index (χ0v) is 8.36. The highest BCUT2D eigenvalue weighted by atomic mass is 32.1. The number of aryl methyl sites for hydroxylation is 1. The number of fused-ring (bicyclic) bond motifs is 1. The Morgan fingerprint density at radius 2 is 2.29 bits per heavy atom. The van der Waals surface area contributed by atoms with Crippen LogP contribution in [0.25, 0.3) is 10.2 Å². The molecule has 0 aliphatic carbocycles. The average Bonchev–Trinajstić information content (AvgIpc) is 2.54. The highest BCUT2D eigenvalue weighted by molar-refractivity contribution is 7.16. The summed E-state index contributed by atoms with van der Waals surface area (Å²) in [6.45, 7) is -0.290. The number of halogens is 1. The molecule has 2 nitrogen and oxygen atoms in total. The number of hydrogen-bond acceptors (Lipinski definition) is 2. The number of aromatic nitrogens is 1. The first kappa shape index (κ1) is 9.40.